The number of carbonyl (C=O) groups excluding carboxylic acids is 1. The highest BCUT2D eigenvalue weighted by atomic mass is 16.6. The monoisotopic (exact) mass is 434 g/mol. The summed E-state index contributed by atoms with van der Waals surface area (Å²) >= 11 is 0. The fourth-order valence-electron chi connectivity index (χ4n) is 3.07. The number of rotatable bonds is 6. The highest BCUT2D eigenvalue weighted by molar-refractivity contribution is 5.96. The second kappa shape index (κ2) is 8.14. The van der Waals surface area contributed by atoms with Gasteiger partial charge >= 0.3 is 5.91 Å². The van der Waals surface area contributed by atoms with Gasteiger partial charge in [0.25, 0.3) is 11.4 Å². The molecule has 0 spiro atoms. The molecule has 0 saturated carbocycles. The topological polar surface area (TPSA) is 154 Å². The van der Waals surface area contributed by atoms with Crippen molar-refractivity contribution in [3.05, 3.63) is 91.9 Å². The number of nitro benzene ring substituents is 2. The largest absolute Gasteiger partial charge is 0.455 e. The van der Waals surface area contributed by atoms with Crippen LogP contribution in [0.1, 0.15) is 21.9 Å². The third-order valence-electron chi connectivity index (χ3n) is 4.61. The van der Waals surface area contributed by atoms with Gasteiger partial charge in [-0.15, -0.1) is 0 Å². The van der Waals surface area contributed by atoms with Crippen LogP contribution >= 0.6 is 0 Å². The Morgan fingerprint density at radius 2 is 1.69 bits per heavy atom. The zero-order valence-electron chi connectivity index (χ0n) is 16.5. The van der Waals surface area contributed by atoms with E-state index in [9.17, 15) is 25.0 Å². The number of benzene rings is 2. The molecule has 0 fully saturated rings. The van der Waals surface area contributed by atoms with Crippen LogP contribution in [-0.2, 0) is 0 Å². The van der Waals surface area contributed by atoms with Crippen LogP contribution in [0.25, 0.3) is 22.3 Å². The van der Waals surface area contributed by atoms with Crippen LogP contribution in [0.5, 0.6) is 0 Å². The molecule has 32 heavy (non-hydrogen) atoms. The Morgan fingerprint density at radius 3 is 2.41 bits per heavy atom. The molecule has 2 aromatic carbocycles. The number of non-ortho nitro benzene ring substituents is 2. The molecule has 11 heteroatoms. The lowest BCUT2D eigenvalue weighted by Gasteiger charge is -2.02. The summed E-state index contributed by atoms with van der Waals surface area (Å²) in [5.41, 5.74) is 3.87. The number of hydrogen-bond donors (Lipinski definition) is 1. The number of hydrogen-bond acceptors (Lipinski definition) is 8. The van der Waals surface area contributed by atoms with E-state index in [1.807, 2.05) is 0 Å². The van der Waals surface area contributed by atoms with Crippen LogP contribution < -0.4 is 5.43 Å². The first-order valence-corrected chi connectivity index (χ1v) is 9.18. The predicted molar refractivity (Wildman–Crippen MR) is 113 cm³/mol. The van der Waals surface area contributed by atoms with Gasteiger partial charge in [-0.3, -0.25) is 25.0 Å². The standard InChI is InChI=1S/C21H14N4O7/c1-12-8-14(24(27)28)2-5-17(12)19-7-4-16(31-19)11-22-23-21(26)20-10-13-9-15(25(29)30)3-6-18(13)32-20/h2-11H,1H3,(H,23,26)/b22-11+. The Balaban J connectivity index is 1.45. The first-order valence-electron chi connectivity index (χ1n) is 9.18. The van der Waals surface area contributed by atoms with E-state index in [1.165, 1.54) is 42.6 Å². The van der Waals surface area contributed by atoms with Crippen LogP contribution in [0.15, 0.2) is 68.5 Å². The van der Waals surface area contributed by atoms with E-state index in [1.54, 1.807) is 25.1 Å². The van der Waals surface area contributed by atoms with E-state index in [0.29, 0.717) is 33.6 Å². The van der Waals surface area contributed by atoms with Crippen molar-refractivity contribution >= 4 is 34.5 Å². The van der Waals surface area contributed by atoms with Crippen LogP contribution in [0.2, 0.25) is 0 Å². The minimum atomic E-state index is -0.641. The molecule has 1 N–H and O–H groups in total. The lowest BCUT2D eigenvalue weighted by molar-refractivity contribution is -0.385. The minimum absolute atomic E-state index is 0.0116. The Morgan fingerprint density at radius 1 is 0.969 bits per heavy atom. The molecule has 160 valence electrons. The van der Waals surface area contributed by atoms with Gasteiger partial charge in [0, 0.05) is 35.2 Å². The van der Waals surface area contributed by atoms with Crippen molar-refractivity contribution < 1.29 is 23.5 Å². The molecule has 4 aromatic rings. The Kier molecular flexibility index (Phi) is 5.21. The summed E-state index contributed by atoms with van der Waals surface area (Å²) in [4.78, 5) is 33.0. The number of nitro groups is 2. The Labute approximate surface area is 179 Å². The van der Waals surface area contributed by atoms with Gasteiger partial charge in [0.1, 0.15) is 17.1 Å². The molecule has 0 aliphatic rings. The Hall–Kier alpha value is -4.80. The molecule has 0 aliphatic heterocycles. The third kappa shape index (κ3) is 4.07. The number of nitrogens with zero attached hydrogens (tertiary/aromatic N) is 3. The molecule has 0 saturated heterocycles. The summed E-state index contributed by atoms with van der Waals surface area (Å²) in [6.07, 6.45) is 1.29. The summed E-state index contributed by atoms with van der Waals surface area (Å²) in [6.45, 7) is 1.74. The quantitative estimate of drug-likeness (QED) is 0.264. The molecule has 1 amide bonds. The van der Waals surface area contributed by atoms with Gasteiger partial charge in [-0.05, 0) is 42.8 Å². The molecule has 0 atom stereocenters. The zero-order chi connectivity index (χ0) is 22.8. The minimum Gasteiger partial charge on any atom is -0.455 e. The number of amides is 1. The smallest absolute Gasteiger partial charge is 0.307 e. The molecule has 0 bridgehead atoms. The second-order valence-electron chi connectivity index (χ2n) is 6.75. The fraction of sp³-hybridized carbons (Fsp3) is 0.0476. The predicted octanol–water partition coefficient (Wildman–Crippen LogP) is 4.58. The van der Waals surface area contributed by atoms with Crippen molar-refractivity contribution in [2.24, 2.45) is 5.10 Å². The molecule has 2 aromatic heterocycles. The summed E-state index contributed by atoms with van der Waals surface area (Å²) in [5, 5.41) is 26.0. The number of hydrazone groups is 1. The van der Waals surface area contributed by atoms with E-state index in [4.69, 9.17) is 8.83 Å². The lowest BCUT2D eigenvalue weighted by Crippen LogP contribution is -2.16. The summed E-state index contributed by atoms with van der Waals surface area (Å²) in [7, 11) is 0. The van der Waals surface area contributed by atoms with E-state index in [0.717, 1.165) is 0 Å². The maximum absolute atomic E-state index is 12.2. The van der Waals surface area contributed by atoms with Crippen molar-refractivity contribution in [3.8, 4) is 11.3 Å². The van der Waals surface area contributed by atoms with E-state index in [2.05, 4.69) is 10.5 Å². The average molecular weight is 434 g/mol. The van der Waals surface area contributed by atoms with Crippen LogP contribution in [0.3, 0.4) is 0 Å². The van der Waals surface area contributed by atoms with Gasteiger partial charge < -0.3 is 8.83 Å². The van der Waals surface area contributed by atoms with Gasteiger partial charge in [0.15, 0.2) is 5.76 Å². The van der Waals surface area contributed by atoms with Gasteiger partial charge in [-0.2, -0.15) is 5.10 Å². The molecule has 0 unspecified atom stereocenters. The van der Waals surface area contributed by atoms with Gasteiger partial charge in [-0.25, -0.2) is 5.43 Å². The van der Waals surface area contributed by atoms with Crippen molar-refractivity contribution in [3.63, 3.8) is 0 Å². The van der Waals surface area contributed by atoms with Crippen molar-refractivity contribution in [2.75, 3.05) is 0 Å². The Bertz CT molecular complexity index is 1400. The van der Waals surface area contributed by atoms with E-state index >= 15 is 0 Å². The van der Waals surface area contributed by atoms with Crippen molar-refractivity contribution in [1.82, 2.24) is 5.43 Å². The second-order valence-corrected chi connectivity index (χ2v) is 6.75. The lowest BCUT2D eigenvalue weighted by atomic mass is 10.1. The van der Waals surface area contributed by atoms with Crippen LogP contribution in [0, 0.1) is 27.2 Å². The first kappa shape index (κ1) is 20.5. The van der Waals surface area contributed by atoms with Crippen LogP contribution in [-0.4, -0.2) is 22.0 Å². The molecule has 0 aliphatic carbocycles. The third-order valence-corrected chi connectivity index (χ3v) is 4.61. The van der Waals surface area contributed by atoms with Crippen molar-refractivity contribution in [2.45, 2.75) is 6.92 Å². The summed E-state index contributed by atoms with van der Waals surface area (Å²) < 4.78 is 11.1. The molecular weight excluding hydrogens is 420 g/mol. The summed E-state index contributed by atoms with van der Waals surface area (Å²) in [6, 6.07) is 13.1. The van der Waals surface area contributed by atoms with Gasteiger partial charge in [-0.1, -0.05) is 0 Å². The summed E-state index contributed by atoms with van der Waals surface area (Å²) in [5.74, 6) is 0.139. The normalized spacial score (nSPS) is 11.2. The highest BCUT2D eigenvalue weighted by Crippen LogP contribution is 2.28. The molecule has 11 nitrogen and oxygen atoms in total. The molecule has 2 heterocycles. The average Bonchev–Trinajstić information content (AvgIpc) is 3.40. The number of fused-ring (bicyclic) bond motifs is 1. The first-order chi connectivity index (χ1) is 15.3. The van der Waals surface area contributed by atoms with Crippen LogP contribution in [0.4, 0.5) is 11.4 Å². The number of nitrogens with one attached hydrogen (secondary N) is 1. The van der Waals surface area contributed by atoms with Crippen molar-refractivity contribution in [1.29, 1.82) is 0 Å². The number of aryl methyl sites for hydroxylation is 1. The van der Waals surface area contributed by atoms with Gasteiger partial charge in [0.2, 0.25) is 0 Å². The van der Waals surface area contributed by atoms with Gasteiger partial charge in [0.05, 0.1) is 16.1 Å². The maximum Gasteiger partial charge on any atom is 0.307 e. The molecule has 4 rings (SSSR count). The zero-order valence-corrected chi connectivity index (χ0v) is 16.5. The highest BCUT2D eigenvalue weighted by Gasteiger charge is 2.15. The fourth-order valence-corrected chi connectivity index (χ4v) is 3.07. The number of furan rings is 2. The molecule has 0 radical (unpaired) electrons. The SMILES string of the molecule is Cc1cc([N+](=O)[O-])ccc1-c1ccc(/C=N/NC(=O)c2cc3cc([N+](=O)[O-])ccc3o2)o1. The van der Waals surface area contributed by atoms with E-state index < -0.39 is 15.8 Å². The number of carbonyl (C=O) groups is 1. The maximum atomic E-state index is 12.2. The molecular formula is C21H14N4O7. The van der Waals surface area contributed by atoms with E-state index in [-0.39, 0.29) is 17.1 Å².